The van der Waals surface area contributed by atoms with Gasteiger partial charge in [-0.1, -0.05) is 133 Å². The van der Waals surface area contributed by atoms with Crippen LogP contribution in [0.15, 0.2) is 182 Å². The molecular formula is C46H34N4. The molecule has 0 spiro atoms. The number of benzene rings is 7. The molecule has 2 unspecified atom stereocenters. The zero-order valence-corrected chi connectivity index (χ0v) is 27.4. The molecule has 10 rings (SSSR count). The van der Waals surface area contributed by atoms with Crippen LogP contribution in [0.3, 0.4) is 0 Å². The summed E-state index contributed by atoms with van der Waals surface area (Å²) in [7, 11) is 0. The third kappa shape index (κ3) is 4.65. The highest BCUT2D eigenvalue weighted by Crippen LogP contribution is 2.38. The summed E-state index contributed by atoms with van der Waals surface area (Å²) in [6.45, 7) is 0. The van der Waals surface area contributed by atoms with Gasteiger partial charge in [0, 0.05) is 44.2 Å². The highest BCUT2D eigenvalue weighted by molar-refractivity contribution is 6.10. The summed E-state index contributed by atoms with van der Waals surface area (Å²) in [6.07, 6.45) is 2.27. The highest BCUT2D eigenvalue weighted by Gasteiger charge is 2.25. The first kappa shape index (κ1) is 28.6. The van der Waals surface area contributed by atoms with E-state index in [0.29, 0.717) is 0 Å². The van der Waals surface area contributed by atoms with Gasteiger partial charge >= 0.3 is 0 Å². The van der Waals surface area contributed by atoms with Crippen molar-refractivity contribution in [2.75, 3.05) is 0 Å². The fourth-order valence-electron chi connectivity index (χ4n) is 7.91. The monoisotopic (exact) mass is 642 g/mol. The lowest BCUT2D eigenvalue weighted by Gasteiger charge is -2.33. The minimum Gasteiger partial charge on any atom is -0.366 e. The Bertz CT molecular complexity index is 2480. The molecule has 0 radical (unpaired) electrons. The van der Waals surface area contributed by atoms with Crippen molar-refractivity contribution in [3.63, 3.8) is 0 Å². The van der Waals surface area contributed by atoms with Crippen LogP contribution in [0.25, 0.3) is 60.7 Å². The molecule has 50 heavy (non-hydrogen) atoms. The Kier molecular flexibility index (Phi) is 6.68. The van der Waals surface area contributed by atoms with Crippen molar-refractivity contribution in [3.05, 3.63) is 199 Å². The molecule has 4 heteroatoms. The number of aromatic nitrogens is 2. The molecular weight excluding hydrogens is 609 g/mol. The Morgan fingerprint density at radius 1 is 0.400 bits per heavy atom. The van der Waals surface area contributed by atoms with Gasteiger partial charge in [-0.05, 0) is 59.7 Å². The molecule has 2 atom stereocenters. The lowest BCUT2D eigenvalue weighted by molar-refractivity contribution is 0.442. The molecule has 9 aromatic rings. The van der Waals surface area contributed by atoms with Crippen molar-refractivity contribution in [2.45, 2.75) is 12.2 Å². The maximum absolute atomic E-state index is 3.91. The maximum Gasteiger partial charge on any atom is 0.104 e. The molecule has 2 N–H and O–H groups in total. The van der Waals surface area contributed by atoms with E-state index >= 15 is 0 Å². The van der Waals surface area contributed by atoms with E-state index in [-0.39, 0.29) is 12.2 Å². The van der Waals surface area contributed by atoms with Crippen molar-refractivity contribution in [3.8, 4) is 11.4 Å². The summed E-state index contributed by atoms with van der Waals surface area (Å²) < 4.78 is 4.85. The molecule has 2 aromatic heterocycles. The predicted octanol–water partition coefficient (Wildman–Crippen LogP) is 10.9. The smallest absolute Gasteiger partial charge is 0.104 e. The van der Waals surface area contributed by atoms with Crippen molar-refractivity contribution >= 4 is 49.3 Å². The Balaban J connectivity index is 1.26. The predicted molar refractivity (Wildman–Crippen MR) is 208 cm³/mol. The van der Waals surface area contributed by atoms with E-state index in [2.05, 4.69) is 202 Å². The van der Waals surface area contributed by atoms with Crippen LogP contribution in [0.1, 0.15) is 28.9 Å². The normalized spacial score (nSPS) is 16.2. The molecule has 0 aliphatic carbocycles. The van der Waals surface area contributed by atoms with Gasteiger partial charge in [0.25, 0.3) is 0 Å². The molecule has 238 valence electrons. The number of para-hydroxylation sites is 4. The molecule has 3 heterocycles. The second-order valence-electron chi connectivity index (χ2n) is 13.1. The van der Waals surface area contributed by atoms with Crippen molar-refractivity contribution in [1.29, 1.82) is 0 Å². The van der Waals surface area contributed by atoms with Gasteiger partial charge in [0.2, 0.25) is 0 Å². The molecule has 0 fully saturated rings. The standard InChI is InChI=1S/C46H34N4/c1-3-15-31(16-4-1)40-30-41(48-46(47-40)32-17-5-2-6-18-32)33-27-34(49-42-23-11-7-19-36(42)37-20-8-12-24-43(37)49)29-35(28-33)50-44-25-13-9-21-38(44)39-22-10-14-26-45(39)50/h1-30,40,46-48H. The largest absolute Gasteiger partial charge is 0.366 e. The zero-order chi connectivity index (χ0) is 33.0. The third-order valence-electron chi connectivity index (χ3n) is 10.2. The summed E-state index contributed by atoms with van der Waals surface area (Å²) in [4.78, 5) is 0. The van der Waals surface area contributed by atoms with Gasteiger partial charge in [0.1, 0.15) is 6.17 Å². The second kappa shape index (κ2) is 11.7. The van der Waals surface area contributed by atoms with Gasteiger partial charge in [0.15, 0.2) is 0 Å². The van der Waals surface area contributed by atoms with Crippen molar-refractivity contribution in [1.82, 2.24) is 19.8 Å². The van der Waals surface area contributed by atoms with E-state index in [1.165, 1.54) is 54.7 Å². The van der Waals surface area contributed by atoms with E-state index in [4.69, 9.17) is 0 Å². The molecule has 7 aromatic carbocycles. The van der Waals surface area contributed by atoms with E-state index in [1.54, 1.807) is 0 Å². The molecule has 0 saturated heterocycles. The van der Waals surface area contributed by atoms with Crippen LogP contribution in [-0.4, -0.2) is 9.13 Å². The molecule has 0 amide bonds. The highest BCUT2D eigenvalue weighted by atomic mass is 15.2. The Labute approximate surface area is 290 Å². The molecule has 0 bridgehead atoms. The first-order valence-corrected chi connectivity index (χ1v) is 17.3. The Hall–Kier alpha value is -6.36. The first-order valence-electron chi connectivity index (χ1n) is 17.3. The summed E-state index contributed by atoms with van der Waals surface area (Å²) in [6, 6.07) is 63.5. The number of fused-ring (bicyclic) bond motifs is 6. The number of hydrogen-bond donors (Lipinski definition) is 2. The molecule has 4 nitrogen and oxygen atoms in total. The van der Waals surface area contributed by atoms with Crippen LogP contribution in [0.4, 0.5) is 0 Å². The fraction of sp³-hybridized carbons (Fsp3) is 0.0435. The van der Waals surface area contributed by atoms with Gasteiger partial charge < -0.3 is 14.5 Å². The lowest BCUT2D eigenvalue weighted by Crippen LogP contribution is -2.39. The quantitative estimate of drug-likeness (QED) is 0.196. The molecule has 1 aliphatic rings. The number of nitrogens with one attached hydrogen (secondary N) is 2. The molecule has 1 aliphatic heterocycles. The fourth-order valence-corrected chi connectivity index (χ4v) is 7.91. The van der Waals surface area contributed by atoms with Crippen LogP contribution in [0.5, 0.6) is 0 Å². The average molecular weight is 643 g/mol. The van der Waals surface area contributed by atoms with Gasteiger partial charge in [-0.25, -0.2) is 0 Å². The van der Waals surface area contributed by atoms with Crippen LogP contribution in [0.2, 0.25) is 0 Å². The van der Waals surface area contributed by atoms with E-state index in [9.17, 15) is 0 Å². The summed E-state index contributed by atoms with van der Waals surface area (Å²) in [5, 5.41) is 12.8. The number of hydrogen-bond acceptors (Lipinski definition) is 2. The lowest BCUT2D eigenvalue weighted by atomic mass is 9.98. The van der Waals surface area contributed by atoms with Gasteiger partial charge in [-0.3, -0.25) is 5.32 Å². The SMILES string of the molecule is C1=C(c2cc(-n3c4ccccc4c4ccccc43)cc(-n3c4ccccc4c4ccccc43)c2)NC(c2ccccc2)NC1c1ccccc1. The topological polar surface area (TPSA) is 33.9 Å². The summed E-state index contributed by atoms with van der Waals surface area (Å²) in [5.41, 5.74) is 11.6. The Morgan fingerprint density at radius 3 is 1.26 bits per heavy atom. The minimum absolute atomic E-state index is 0.0197. The second-order valence-corrected chi connectivity index (χ2v) is 13.1. The number of rotatable bonds is 5. The number of nitrogens with zero attached hydrogens (tertiary/aromatic N) is 2. The van der Waals surface area contributed by atoms with Crippen molar-refractivity contribution < 1.29 is 0 Å². The zero-order valence-electron chi connectivity index (χ0n) is 27.4. The van der Waals surface area contributed by atoms with Crippen molar-refractivity contribution in [2.24, 2.45) is 0 Å². The van der Waals surface area contributed by atoms with E-state index in [1.807, 2.05) is 0 Å². The van der Waals surface area contributed by atoms with E-state index in [0.717, 1.165) is 22.6 Å². The maximum atomic E-state index is 3.91. The first-order chi connectivity index (χ1) is 24.8. The van der Waals surface area contributed by atoms with Crippen LogP contribution in [0, 0.1) is 0 Å². The summed E-state index contributed by atoms with van der Waals surface area (Å²) >= 11 is 0. The van der Waals surface area contributed by atoms with Gasteiger partial charge in [-0.15, -0.1) is 0 Å². The van der Waals surface area contributed by atoms with Gasteiger partial charge in [-0.2, -0.15) is 0 Å². The Morgan fingerprint density at radius 2 is 0.800 bits per heavy atom. The van der Waals surface area contributed by atoms with Crippen LogP contribution < -0.4 is 10.6 Å². The third-order valence-corrected chi connectivity index (χ3v) is 10.2. The molecule has 0 saturated carbocycles. The van der Waals surface area contributed by atoms with E-state index < -0.39 is 0 Å². The summed E-state index contributed by atoms with van der Waals surface area (Å²) in [5.74, 6) is 0. The van der Waals surface area contributed by atoms with Crippen LogP contribution >= 0.6 is 0 Å². The minimum atomic E-state index is -0.0741. The average Bonchev–Trinajstić information content (AvgIpc) is 3.71. The van der Waals surface area contributed by atoms with Gasteiger partial charge in [0.05, 0.1) is 28.1 Å². The van der Waals surface area contributed by atoms with Crippen LogP contribution in [-0.2, 0) is 0 Å².